The molecule has 3 nitrogen and oxygen atoms in total. The number of hydrogen-bond donors (Lipinski definition) is 3. The predicted octanol–water partition coefficient (Wildman–Crippen LogP) is 2.08. The molecule has 0 saturated carbocycles. The van der Waals surface area contributed by atoms with E-state index < -0.39 is 5.54 Å². The molecule has 0 fully saturated rings. The largest absolute Gasteiger partial charge is 0.394 e. The molecule has 0 heterocycles. The topological polar surface area (TPSA) is 52.5 Å². The molecule has 96 valence electrons. The van der Waals surface area contributed by atoms with E-state index in [1.54, 1.807) is 0 Å². The summed E-state index contributed by atoms with van der Waals surface area (Å²) in [4.78, 5) is 0. The van der Waals surface area contributed by atoms with Gasteiger partial charge in [-0.1, -0.05) is 19.1 Å². The van der Waals surface area contributed by atoms with Crippen molar-refractivity contribution in [3.8, 4) is 0 Å². The Hall–Kier alpha value is -0.170. The Morgan fingerprint density at radius 1 is 1.24 bits per heavy atom. The van der Waals surface area contributed by atoms with E-state index >= 15 is 0 Å². The van der Waals surface area contributed by atoms with Gasteiger partial charge in [0.25, 0.3) is 0 Å². The summed E-state index contributed by atoms with van der Waals surface area (Å²) in [6.45, 7) is 3.88. The van der Waals surface area contributed by atoms with Crippen LogP contribution in [-0.4, -0.2) is 29.0 Å². The lowest BCUT2D eigenvalue weighted by atomic mass is 9.95. The van der Waals surface area contributed by atoms with Gasteiger partial charge in [0, 0.05) is 9.61 Å². The van der Waals surface area contributed by atoms with Crippen molar-refractivity contribution in [2.24, 2.45) is 0 Å². The number of benzene rings is 1. The normalized spacial score (nSPS) is 13.7. The molecule has 1 aromatic carbocycles. The highest BCUT2D eigenvalue weighted by atomic mass is 127. The van der Waals surface area contributed by atoms with Crippen molar-refractivity contribution in [1.29, 1.82) is 0 Å². The zero-order chi connectivity index (χ0) is 12.9. The molecule has 0 aliphatic heterocycles. The van der Waals surface area contributed by atoms with Crippen molar-refractivity contribution in [3.63, 3.8) is 0 Å². The molecule has 1 aromatic rings. The first-order valence-corrected chi connectivity index (χ1v) is 6.89. The minimum absolute atomic E-state index is 0.0608. The first kappa shape index (κ1) is 14.9. The minimum Gasteiger partial charge on any atom is -0.394 e. The van der Waals surface area contributed by atoms with E-state index in [0.29, 0.717) is 6.42 Å². The molecular weight excluding hydrogens is 329 g/mol. The molecule has 17 heavy (non-hydrogen) atoms. The third-order valence-corrected chi connectivity index (χ3v) is 3.89. The van der Waals surface area contributed by atoms with Crippen molar-refractivity contribution in [2.75, 3.05) is 13.2 Å². The molecule has 0 aliphatic carbocycles. The number of hydrogen-bond acceptors (Lipinski definition) is 3. The fourth-order valence-corrected chi connectivity index (χ4v) is 2.12. The second kappa shape index (κ2) is 6.68. The van der Waals surface area contributed by atoms with Gasteiger partial charge in [0.1, 0.15) is 0 Å². The molecule has 0 amide bonds. The van der Waals surface area contributed by atoms with Gasteiger partial charge in [0.05, 0.1) is 18.8 Å². The lowest BCUT2D eigenvalue weighted by Crippen LogP contribution is -2.52. The van der Waals surface area contributed by atoms with E-state index in [1.165, 1.54) is 3.57 Å². The zero-order valence-corrected chi connectivity index (χ0v) is 12.4. The highest BCUT2D eigenvalue weighted by Crippen LogP contribution is 2.19. The van der Waals surface area contributed by atoms with Crippen LogP contribution in [0.4, 0.5) is 0 Å². The van der Waals surface area contributed by atoms with Crippen LogP contribution < -0.4 is 5.32 Å². The van der Waals surface area contributed by atoms with Gasteiger partial charge in [-0.2, -0.15) is 0 Å². The number of halogens is 1. The molecule has 1 rings (SSSR count). The van der Waals surface area contributed by atoms with Crippen LogP contribution in [0.5, 0.6) is 0 Å². The molecule has 0 aliphatic rings. The van der Waals surface area contributed by atoms with Crippen LogP contribution in [0.2, 0.25) is 0 Å². The molecule has 4 heteroatoms. The Morgan fingerprint density at radius 3 is 2.18 bits per heavy atom. The van der Waals surface area contributed by atoms with Crippen LogP contribution in [0, 0.1) is 3.57 Å². The SMILES string of the molecule is CCC(CO)(CO)NC(C)c1ccc(I)cc1. The number of aliphatic hydroxyl groups excluding tert-OH is 2. The average Bonchev–Trinajstić information content (AvgIpc) is 2.37. The minimum atomic E-state index is -0.595. The average molecular weight is 349 g/mol. The second-order valence-corrected chi connectivity index (χ2v) is 5.61. The van der Waals surface area contributed by atoms with Gasteiger partial charge >= 0.3 is 0 Å². The molecule has 0 spiro atoms. The van der Waals surface area contributed by atoms with Gasteiger partial charge in [-0.05, 0) is 53.6 Å². The maximum atomic E-state index is 9.39. The summed E-state index contributed by atoms with van der Waals surface area (Å²) in [6, 6.07) is 8.34. The van der Waals surface area contributed by atoms with Gasteiger partial charge in [-0.25, -0.2) is 0 Å². The monoisotopic (exact) mass is 349 g/mol. The van der Waals surface area contributed by atoms with Crippen LogP contribution in [0.15, 0.2) is 24.3 Å². The number of rotatable bonds is 6. The quantitative estimate of drug-likeness (QED) is 0.690. The van der Waals surface area contributed by atoms with Gasteiger partial charge in [-0.15, -0.1) is 0 Å². The molecule has 0 bridgehead atoms. The van der Waals surface area contributed by atoms with Crippen molar-refractivity contribution in [3.05, 3.63) is 33.4 Å². The summed E-state index contributed by atoms with van der Waals surface area (Å²) in [5, 5.41) is 22.1. The fourth-order valence-electron chi connectivity index (χ4n) is 1.76. The standard InChI is InChI=1S/C13H20INO2/c1-3-13(8-16,9-17)15-10(2)11-4-6-12(14)7-5-11/h4-7,10,15-17H,3,8-9H2,1-2H3. The molecule has 0 saturated heterocycles. The van der Waals surface area contributed by atoms with Crippen molar-refractivity contribution in [1.82, 2.24) is 5.32 Å². The Morgan fingerprint density at radius 2 is 1.76 bits per heavy atom. The van der Waals surface area contributed by atoms with Crippen molar-refractivity contribution < 1.29 is 10.2 Å². The van der Waals surface area contributed by atoms with E-state index in [2.05, 4.69) is 52.2 Å². The lowest BCUT2D eigenvalue weighted by molar-refractivity contribution is 0.0793. The summed E-state index contributed by atoms with van der Waals surface area (Å²) in [6.07, 6.45) is 0.689. The van der Waals surface area contributed by atoms with Crippen molar-refractivity contribution >= 4 is 22.6 Å². The fraction of sp³-hybridized carbons (Fsp3) is 0.538. The number of nitrogens with one attached hydrogen (secondary N) is 1. The summed E-state index contributed by atoms with van der Waals surface area (Å²) >= 11 is 2.27. The van der Waals surface area contributed by atoms with Crippen molar-refractivity contribution in [2.45, 2.75) is 31.8 Å². The third-order valence-electron chi connectivity index (χ3n) is 3.17. The molecule has 0 radical (unpaired) electrons. The summed E-state index contributed by atoms with van der Waals surface area (Å²) in [5.41, 5.74) is 0.563. The van der Waals surface area contributed by atoms with E-state index in [-0.39, 0.29) is 19.3 Å². The Bertz CT molecular complexity index is 328. The molecule has 1 atom stereocenters. The van der Waals surface area contributed by atoms with Crippen LogP contribution in [0.3, 0.4) is 0 Å². The summed E-state index contributed by atoms with van der Waals surface area (Å²) in [5.74, 6) is 0. The third kappa shape index (κ3) is 3.91. The van der Waals surface area contributed by atoms with Gasteiger partial charge < -0.3 is 15.5 Å². The molecular formula is C13H20INO2. The maximum absolute atomic E-state index is 9.39. The molecule has 1 unspecified atom stereocenters. The molecule has 3 N–H and O–H groups in total. The van der Waals surface area contributed by atoms with Crippen LogP contribution in [-0.2, 0) is 0 Å². The predicted molar refractivity (Wildman–Crippen MR) is 77.9 cm³/mol. The van der Waals surface area contributed by atoms with Gasteiger partial charge in [-0.3, -0.25) is 0 Å². The first-order valence-electron chi connectivity index (χ1n) is 5.82. The highest BCUT2D eigenvalue weighted by molar-refractivity contribution is 14.1. The van der Waals surface area contributed by atoms with Crippen LogP contribution in [0.1, 0.15) is 31.9 Å². The summed E-state index contributed by atoms with van der Waals surface area (Å²) < 4.78 is 1.20. The Kier molecular flexibility index (Phi) is 5.85. The Balaban J connectivity index is 2.76. The van der Waals surface area contributed by atoms with Crippen LogP contribution >= 0.6 is 22.6 Å². The van der Waals surface area contributed by atoms with E-state index in [0.717, 1.165) is 5.56 Å². The van der Waals surface area contributed by atoms with Gasteiger partial charge in [0.15, 0.2) is 0 Å². The van der Waals surface area contributed by atoms with Crippen LogP contribution in [0.25, 0.3) is 0 Å². The number of aliphatic hydroxyl groups is 2. The highest BCUT2D eigenvalue weighted by Gasteiger charge is 2.28. The lowest BCUT2D eigenvalue weighted by Gasteiger charge is -2.33. The zero-order valence-electron chi connectivity index (χ0n) is 10.3. The Labute approximate surface area is 116 Å². The molecule has 0 aromatic heterocycles. The first-order chi connectivity index (χ1) is 8.06. The second-order valence-electron chi connectivity index (χ2n) is 4.37. The van der Waals surface area contributed by atoms with E-state index in [9.17, 15) is 10.2 Å². The maximum Gasteiger partial charge on any atom is 0.0650 e. The summed E-state index contributed by atoms with van der Waals surface area (Å²) in [7, 11) is 0. The smallest absolute Gasteiger partial charge is 0.0650 e. The van der Waals surface area contributed by atoms with E-state index in [1.807, 2.05) is 13.8 Å². The van der Waals surface area contributed by atoms with Gasteiger partial charge in [0.2, 0.25) is 0 Å². The van der Waals surface area contributed by atoms with E-state index in [4.69, 9.17) is 0 Å².